The van der Waals surface area contributed by atoms with Gasteiger partial charge in [-0.2, -0.15) is 0 Å². The van der Waals surface area contributed by atoms with Crippen LogP contribution in [0.3, 0.4) is 0 Å². The van der Waals surface area contributed by atoms with Crippen molar-refractivity contribution in [1.82, 2.24) is 5.32 Å². The van der Waals surface area contributed by atoms with Gasteiger partial charge in [-0.15, -0.1) is 0 Å². The second kappa shape index (κ2) is 4.34. The minimum Gasteiger partial charge on any atom is -0.387 e. The summed E-state index contributed by atoms with van der Waals surface area (Å²) in [6.07, 6.45) is 1.49. The van der Waals surface area contributed by atoms with Gasteiger partial charge >= 0.3 is 0 Å². The van der Waals surface area contributed by atoms with Crippen molar-refractivity contribution < 1.29 is 24.5 Å². The van der Waals surface area contributed by atoms with Crippen LogP contribution in [0.25, 0.3) is 0 Å². The van der Waals surface area contributed by atoms with E-state index in [9.17, 15) is 19.8 Å². The molecule has 0 aromatic rings. The normalized spacial score (nSPS) is 59.5. The molecule has 2 spiro atoms. The molecule has 7 aliphatic rings. The number of aliphatic hydroxyl groups excluding tert-OH is 1. The maximum Gasteiger partial charge on any atom is 0.220 e. The molecule has 2 unspecified atom stereocenters. The molecule has 27 heavy (non-hydrogen) atoms. The average Bonchev–Trinajstić information content (AvgIpc) is 2.69. The summed E-state index contributed by atoms with van der Waals surface area (Å²) < 4.78 is 5.94. The Morgan fingerprint density at radius 1 is 1.26 bits per heavy atom. The van der Waals surface area contributed by atoms with Crippen LogP contribution < -0.4 is 5.32 Å². The summed E-state index contributed by atoms with van der Waals surface area (Å²) in [5.74, 6) is -2.50. The van der Waals surface area contributed by atoms with E-state index in [0.29, 0.717) is 12.8 Å². The van der Waals surface area contributed by atoms with Gasteiger partial charge in [0.05, 0.1) is 17.6 Å². The largest absolute Gasteiger partial charge is 0.387 e. The molecule has 0 aromatic carbocycles. The number of carbonyl (C=O) groups excluding carboxylic acids is 2. The van der Waals surface area contributed by atoms with Crippen molar-refractivity contribution in [1.29, 1.82) is 0 Å². The van der Waals surface area contributed by atoms with Gasteiger partial charge in [-0.25, -0.2) is 0 Å². The highest BCUT2D eigenvalue weighted by atomic mass is 16.6. The lowest BCUT2D eigenvalue weighted by Gasteiger charge is -2.81. The Hall–Kier alpha value is -1.24. The molecule has 3 heterocycles. The van der Waals surface area contributed by atoms with Gasteiger partial charge in [-0.3, -0.25) is 9.59 Å². The van der Waals surface area contributed by atoms with Gasteiger partial charge in [0.15, 0.2) is 5.78 Å². The quantitative estimate of drug-likeness (QED) is 0.545. The molecule has 6 heteroatoms. The average molecular weight is 373 g/mol. The predicted octanol–water partition coefficient (Wildman–Crippen LogP) is 0.768. The molecule has 146 valence electrons. The minimum atomic E-state index is -1.87. The fraction of sp³-hybridized carbons (Fsp3) is 0.810. The van der Waals surface area contributed by atoms with Crippen molar-refractivity contribution in [2.24, 2.45) is 40.4 Å². The fourth-order valence-corrected chi connectivity index (χ4v) is 8.55. The molecule has 3 aliphatic heterocycles. The zero-order chi connectivity index (χ0) is 19.1. The number of carbonyl (C=O) groups is 2. The molecule has 3 N–H and O–H groups in total. The van der Waals surface area contributed by atoms with Crippen molar-refractivity contribution in [3.8, 4) is 0 Å². The van der Waals surface area contributed by atoms with Crippen LogP contribution in [0.2, 0.25) is 0 Å². The van der Waals surface area contributed by atoms with Gasteiger partial charge in [0, 0.05) is 24.2 Å². The maximum absolute atomic E-state index is 13.4. The zero-order valence-corrected chi connectivity index (χ0v) is 15.8. The summed E-state index contributed by atoms with van der Waals surface area (Å²) >= 11 is 0. The number of hydrogen-bond acceptors (Lipinski definition) is 5. The number of amides is 1. The van der Waals surface area contributed by atoms with Crippen LogP contribution in [-0.4, -0.2) is 45.9 Å². The first-order valence-electron chi connectivity index (χ1n) is 10.2. The predicted molar refractivity (Wildman–Crippen MR) is 94.1 cm³/mol. The monoisotopic (exact) mass is 373 g/mol. The minimum absolute atomic E-state index is 0.0164. The van der Waals surface area contributed by atoms with Gasteiger partial charge in [0.2, 0.25) is 11.7 Å². The lowest BCUT2D eigenvalue weighted by Crippen LogP contribution is -2.94. The molecule has 7 rings (SSSR count). The maximum atomic E-state index is 13.4. The molecule has 0 radical (unpaired) electrons. The summed E-state index contributed by atoms with van der Waals surface area (Å²) in [5.41, 5.74) is -1.29. The summed E-state index contributed by atoms with van der Waals surface area (Å²) in [6, 6.07) is 0. The van der Waals surface area contributed by atoms with Gasteiger partial charge < -0.3 is 20.3 Å². The molecule has 7 fully saturated rings. The van der Waals surface area contributed by atoms with Crippen molar-refractivity contribution in [2.45, 2.75) is 57.0 Å². The Labute approximate surface area is 158 Å². The SMILES string of the molecule is C=C1C2C(=O)C34[C@H]2[C@H]1CC[C@H]3[C@@]12CO[C@@]4(O)[C@@H](O)[C@@H]1C(C)(C)CCC(=O)N2. The molecular weight excluding hydrogens is 346 g/mol. The fourth-order valence-electron chi connectivity index (χ4n) is 8.55. The number of hydrogen-bond donors (Lipinski definition) is 3. The summed E-state index contributed by atoms with van der Waals surface area (Å²) in [7, 11) is 0. The number of ether oxygens (including phenoxy) is 1. The third kappa shape index (κ3) is 1.37. The van der Waals surface area contributed by atoms with E-state index < -0.39 is 22.8 Å². The molecule has 4 saturated carbocycles. The second-order valence-corrected chi connectivity index (χ2v) is 10.5. The Balaban J connectivity index is 1.60. The smallest absolute Gasteiger partial charge is 0.220 e. The topological polar surface area (TPSA) is 95.9 Å². The lowest BCUT2D eigenvalue weighted by molar-refractivity contribution is -0.446. The third-order valence-electron chi connectivity index (χ3n) is 9.43. The van der Waals surface area contributed by atoms with E-state index >= 15 is 0 Å². The lowest BCUT2D eigenvalue weighted by atomic mass is 9.25. The zero-order valence-electron chi connectivity index (χ0n) is 15.8. The van der Waals surface area contributed by atoms with E-state index in [2.05, 4.69) is 25.7 Å². The summed E-state index contributed by atoms with van der Waals surface area (Å²) in [4.78, 5) is 26.1. The molecule has 2 bridgehead atoms. The van der Waals surface area contributed by atoms with Crippen LogP contribution in [-0.2, 0) is 14.3 Å². The number of Topliss-reactive ketones (excluding diaryl/α,β-unsaturated/α-hetero) is 1. The van der Waals surface area contributed by atoms with E-state index in [1.54, 1.807) is 0 Å². The van der Waals surface area contributed by atoms with Crippen molar-refractivity contribution >= 4 is 11.7 Å². The Morgan fingerprint density at radius 3 is 2.74 bits per heavy atom. The number of ketones is 1. The molecule has 1 amide bonds. The molecular formula is C21H27NO5. The Kier molecular flexibility index (Phi) is 2.68. The van der Waals surface area contributed by atoms with Gasteiger partial charge in [0.25, 0.3) is 0 Å². The van der Waals surface area contributed by atoms with Gasteiger partial charge in [-0.05, 0) is 36.5 Å². The molecule has 9 atom stereocenters. The number of aliphatic hydroxyl groups is 2. The van der Waals surface area contributed by atoms with E-state index in [0.717, 1.165) is 18.4 Å². The van der Waals surface area contributed by atoms with Crippen molar-refractivity contribution in [3.05, 3.63) is 12.2 Å². The van der Waals surface area contributed by atoms with Crippen LogP contribution in [0.15, 0.2) is 12.2 Å². The van der Waals surface area contributed by atoms with Gasteiger partial charge in [-0.1, -0.05) is 26.0 Å². The van der Waals surface area contributed by atoms with E-state index in [4.69, 9.17) is 4.74 Å². The van der Waals surface area contributed by atoms with E-state index in [1.807, 2.05) is 0 Å². The van der Waals surface area contributed by atoms with Crippen LogP contribution >= 0.6 is 0 Å². The highest BCUT2D eigenvalue weighted by Gasteiger charge is 2.91. The number of allylic oxidation sites excluding steroid dienone is 1. The number of rotatable bonds is 0. The van der Waals surface area contributed by atoms with Crippen LogP contribution in [0.1, 0.15) is 39.5 Å². The standard InChI is InChI=1S/C21H27NO5/c1-9-10-4-5-11-19-8-27-21(26,20(11)14(10)13(9)16(20)24)17(25)15(19)18(2,3)7-6-12(23)22-19/h10-11,13-15,17,25-26H,1,4-8H2,2-3H3,(H,22,23)/t10-,11-,13?,14-,15+,17-,19-,20?,21-/m0/s1. The van der Waals surface area contributed by atoms with Crippen LogP contribution in [0.4, 0.5) is 0 Å². The Bertz CT molecular complexity index is 821. The molecule has 6 nitrogen and oxygen atoms in total. The Morgan fingerprint density at radius 2 is 2.00 bits per heavy atom. The van der Waals surface area contributed by atoms with Crippen molar-refractivity contribution in [3.63, 3.8) is 0 Å². The highest BCUT2D eigenvalue weighted by Crippen LogP contribution is 2.80. The second-order valence-electron chi connectivity index (χ2n) is 10.5. The summed E-state index contributed by atoms with van der Waals surface area (Å²) in [5, 5.41) is 26.4. The number of fused-ring (bicyclic) bond motifs is 1. The molecule has 0 aromatic heterocycles. The van der Waals surface area contributed by atoms with E-state index in [1.165, 1.54) is 0 Å². The molecule has 4 aliphatic carbocycles. The third-order valence-corrected chi connectivity index (χ3v) is 9.43. The first-order chi connectivity index (χ1) is 12.6. The van der Waals surface area contributed by atoms with Crippen LogP contribution in [0.5, 0.6) is 0 Å². The van der Waals surface area contributed by atoms with E-state index in [-0.39, 0.29) is 53.3 Å². The van der Waals surface area contributed by atoms with Gasteiger partial charge in [0.1, 0.15) is 6.10 Å². The molecule has 3 saturated heterocycles. The summed E-state index contributed by atoms with van der Waals surface area (Å²) in [6.45, 7) is 8.38. The highest BCUT2D eigenvalue weighted by molar-refractivity contribution is 6.01. The van der Waals surface area contributed by atoms with Crippen molar-refractivity contribution in [2.75, 3.05) is 6.61 Å². The first-order valence-corrected chi connectivity index (χ1v) is 10.2. The number of nitrogens with one attached hydrogen (secondary N) is 1. The van der Waals surface area contributed by atoms with Crippen LogP contribution in [0, 0.1) is 40.4 Å². The first kappa shape index (κ1) is 16.7.